The highest BCUT2D eigenvalue weighted by atomic mass is 32.2. The van der Waals surface area contributed by atoms with Crippen LogP contribution in [-0.4, -0.2) is 33.2 Å². The topological polar surface area (TPSA) is 86.2 Å². The fourth-order valence-corrected chi connectivity index (χ4v) is 9.14. The van der Waals surface area contributed by atoms with E-state index in [0.717, 1.165) is 35.9 Å². The summed E-state index contributed by atoms with van der Waals surface area (Å²) in [6, 6.07) is 0. The van der Waals surface area contributed by atoms with Gasteiger partial charge in [0, 0.05) is 23.7 Å². The number of rotatable bonds is 39. The van der Waals surface area contributed by atoms with E-state index in [9.17, 15) is 9.59 Å². The minimum atomic E-state index is 0.107. The van der Waals surface area contributed by atoms with Gasteiger partial charge in [0.15, 0.2) is 0 Å². The largest absolute Gasteiger partial charge is 0.393 e. The molecule has 294 valence electrons. The molecule has 50 heavy (non-hydrogen) atoms. The highest BCUT2D eigenvalue weighted by molar-refractivity contribution is 8.14. The molecule has 0 atom stereocenters. The Kier molecular flexibility index (Phi) is 41.4. The van der Waals surface area contributed by atoms with Gasteiger partial charge in [-0.15, -0.1) is 23.5 Å². The predicted octanol–water partition coefficient (Wildman–Crippen LogP) is 14.3. The Morgan fingerprint density at radius 2 is 0.540 bits per heavy atom. The van der Waals surface area contributed by atoms with E-state index in [4.69, 9.17) is 11.5 Å². The van der Waals surface area contributed by atoms with Gasteiger partial charge in [-0.2, -0.15) is 0 Å². The molecule has 0 radical (unpaired) electrons. The van der Waals surface area contributed by atoms with Gasteiger partial charge in [-0.05, 0) is 37.2 Å². The maximum Gasteiger partial charge on any atom is 0.214 e. The Labute approximate surface area is 328 Å². The number of carbonyl (C=O) groups is 2. The molecule has 0 unspecified atom stereocenters. The summed E-state index contributed by atoms with van der Waals surface area (Å²) in [6.07, 6.45) is 42.4. The lowest BCUT2D eigenvalue weighted by atomic mass is 10.1. The Hall–Kier alpha value is -0.180. The van der Waals surface area contributed by atoms with Gasteiger partial charge in [0.1, 0.15) is 0 Å². The molecule has 0 aliphatic heterocycles. The van der Waals surface area contributed by atoms with Crippen molar-refractivity contribution >= 4 is 57.3 Å². The number of hydrogen-bond acceptors (Lipinski definition) is 8. The van der Waals surface area contributed by atoms with E-state index in [1.807, 2.05) is 0 Å². The molecular formula is C42H80N2O2S4. The molecular weight excluding hydrogens is 693 g/mol. The van der Waals surface area contributed by atoms with E-state index in [0.29, 0.717) is 10.1 Å². The molecule has 0 rings (SSSR count). The van der Waals surface area contributed by atoms with E-state index >= 15 is 0 Å². The molecule has 4 N–H and O–H groups in total. The maximum atomic E-state index is 12.2. The van der Waals surface area contributed by atoms with Crippen LogP contribution >= 0.6 is 47.0 Å². The quantitative estimate of drug-likeness (QED) is 0.0472. The fraction of sp³-hybridized carbons (Fsp3) is 0.857. The summed E-state index contributed by atoms with van der Waals surface area (Å²) in [5.74, 6) is 3.83. The van der Waals surface area contributed by atoms with Crippen molar-refractivity contribution in [3.05, 3.63) is 22.2 Å². The number of hydrogen-bond donors (Lipinski definition) is 2. The molecule has 0 saturated carbocycles. The Morgan fingerprint density at radius 1 is 0.340 bits per heavy atom. The van der Waals surface area contributed by atoms with Crippen LogP contribution in [-0.2, 0) is 9.59 Å². The second-order valence-corrected chi connectivity index (χ2v) is 18.6. The summed E-state index contributed by atoms with van der Waals surface area (Å²) in [5.41, 5.74) is 12.1. The second-order valence-electron chi connectivity index (χ2n) is 14.0. The second kappa shape index (κ2) is 41.6. The SMILES string of the molecule is CCCCCCCCCCCCS/C(N)=C\C(=O)SCCCCCCCCCCCCSC(=O)/C=C(/N)SCCCCCCCCCCCC. The van der Waals surface area contributed by atoms with Gasteiger partial charge in [-0.3, -0.25) is 9.59 Å². The third kappa shape index (κ3) is 40.6. The van der Waals surface area contributed by atoms with Crippen molar-refractivity contribution in [2.75, 3.05) is 23.0 Å². The first-order valence-corrected chi connectivity index (χ1v) is 25.0. The van der Waals surface area contributed by atoms with Crippen LogP contribution < -0.4 is 11.5 Å². The fourth-order valence-electron chi connectivity index (χ4n) is 5.92. The minimum absolute atomic E-state index is 0.107. The molecule has 0 aromatic rings. The van der Waals surface area contributed by atoms with Crippen LogP contribution in [0.1, 0.15) is 206 Å². The van der Waals surface area contributed by atoms with Crippen LogP contribution in [0.15, 0.2) is 22.2 Å². The Balaban J connectivity index is 3.47. The summed E-state index contributed by atoms with van der Waals surface area (Å²) in [7, 11) is 0. The molecule has 0 saturated heterocycles. The maximum absolute atomic E-state index is 12.2. The molecule has 0 aliphatic rings. The Morgan fingerprint density at radius 3 is 0.780 bits per heavy atom. The van der Waals surface area contributed by atoms with Crippen LogP contribution in [0.25, 0.3) is 0 Å². The van der Waals surface area contributed by atoms with Crippen LogP contribution in [0.3, 0.4) is 0 Å². The summed E-state index contributed by atoms with van der Waals surface area (Å²) in [5, 5.41) is 1.56. The minimum Gasteiger partial charge on any atom is -0.393 e. The zero-order valence-corrected chi connectivity index (χ0v) is 36.1. The van der Waals surface area contributed by atoms with Crippen LogP contribution in [0.4, 0.5) is 0 Å². The first-order chi connectivity index (χ1) is 24.5. The zero-order valence-electron chi connectivity index (χ0n) is 32.8. The van der Waals surface area contributed by atoms with E-state index in [1.165, 1.54) is 203 Å². The first-order valence-electron chi connectivity index (χ1n) is 21.0. The molecule has 0 bridgehead atoms. The van der Waals surface area contributed by atoms with E-state index in [2.05, 4.69) is 13.8 Å². The van der Waals surface area contributed by atoms with Gasteiger partial charge < -0.3 is 11.5 Å². The van der Waals surface area contributed by atoms with E-state index in [1.54, 1.807) is 35.7 Å². The van der Waals surface area contributed by atoms with Gasteiger partial charge in [-0.1, -0.05) is 204 Å². The van der Waals surface area contributed by atoms with Crippen LogP contribution in [0.2, 0.25) is 0 Å². The Bertz CT molecular complexity index is 756. The van der Waals surface area contributed by atoms with Crippen molar-refractivity contribution in [1.82, 2.24) is 0 Å². The standard InChI is InChI=1S/C42H80N2O2S4/c1-3-5-7-9-11-13-17-21-25-29-33-47-39(43)37-41(45)49-35-31-27-23-19-15-16-20-24-28-32-36-50-42(46)38-40(44)48-34-30-26-22-18-14-12-10-8-6-4-2/h37-38H,3-36,43-44H2,1-2H3/b39-37-,40-38-. The van der Waals surface area contributed by atoms with E-state index < -0.39 is 0 Å². The van der Waals surface area contributed by atoms with Gasteiger partial charge in [0.05, 0.1) is 10.1 Å². The van der Waals surface area contributed by atoms with Crippen LogP contribution in [0, 0.1) is 0 Å². The van der Waals surface area contributed by atoms with Crippen molar-refractivity contribution in [1.29, 1.82) is 0 Å². The number of carbonyl (C=O) groups excluding carboxylic acids is 2. The third-order valence-electron chi connectivity index (χ3n) is 9.08. The van der Waals surface area contributed by atoms with Gasteiger partial charge >= 0.3 is 0 Å². The average molecular weight is 773 g/mol. The molecule has 0 aromatic heterocycles. The first kappa shape index (κ1) is 49.8. The number of nitrogens with two attached hydrogens (primary N) is 2. The van der Waals surface area contributed by atoms with Gasteiger partial charge in [0.2, 0.25) is 10.2 Å². The van der Waals surface area contributed by atoms with Crippen LogP contribution in [0.5, 0.6) is 0 Å². The normalized spacial score (nSPS) is 12.2. The molecule has 0 spiro atoms. The number of thioether (sulfide) groups is 4. The molecule has 4 nitrogen and oxygen atoms in total. The van der Waals surface area contributed by atoms with Gasteiger partial charge in [0.25, 0.3) is 0 Å². The monoisotopic (exact) mass is 773 g/mol. The lowest BCUT2D eigenvalue weighted by molar-refractivity contribution is -0.107. The highest BCUT2D eigenvalue weighted by Crippen LogP contribution is 2.20. The molecule has 0 aromatic carbocycles. The van der Waals surface area contributed by atoms with Gasteiger partial charge in [-0.25, -0.2) is 0 Å². The molecule has 0 amide bonds. The highest BCUT2D eigenvalue weighted by Gasteiger charge is 2.04. The summed E-state index contributed by atoms with van der Waals surface area (Å²) in [4.78, 5) is 24.4. The van der Waals surface area contributed by atoms with Crippen molar-refractivity contribution in [3.8, 4) is 0 Å². The van der Waals surface area contributed by atoms with E-state index in [-0.39, 0.29) is 10.2 Å². The smallest absolute Gasteiger partial charge is 0.214 e. The summed E-state index contributed by atoms with van der Waals surface area (Å²) in [6.45, 7) is 4.54. The lowest BCUT2D eigenvalue weighted by Gasteiger charge is -2.04. The molecule has 8 heteroatoms. The number of unbranched alkanes of at least 4 members (excludes halogenated alkanes) is 27. The average Bonchev–Trinajstić information content (AvgIpc) is 3.09. The molecule has 0 aliphatic carbocycles. The van der Waals surface area contributed by atoms with Crippen molar-refractivity contribution in [2.45, 2.75) is 206 Å². The third-order valence-corrected chi connectivity index (χ3v) is 12.8. The summed E-state index contributed by atoms with van der Waals surface area (Å²) < 4.78 is 0. The van der Waals surface area contributed by atoms with Crippen molar-refractivity contribution in [3.63, 3.8) is 0 Å². The van der Waals surface area contributed by atoms with Crippen molar-refractivity contribution in [2.24, 2.45) is 11.5 Å². The van der Waals surface area contributed by atoms with Crippen molar-refractivity contribution < 1.29 is 9.59 Å². The lowest BCUT2D eigenvalue weighted by Crippen LogP contribution is -1.98. The molecule has 0 fully saturated rings. The zero-order chi connectivity index (χ0) is 36.6. The molecule has 0 heterocycles. The predicted molar refractivity (Wildman–Crippen MR) is 234 cm³/mol. The summed E-state index contributed by atoms with van der Waals surface area (Å²) >= 11 is 6.10.